The quantitative estimate of drug-likeness (QED) is 0.759. The summed E-state index contributed by atoms with van der Waals surface area (Å²) in [7, 11) is 0. The van der Waals surface area contributed by atoms with Gasteiger partial charge in [-0.15, -0.1) is 6.58 Å². The predicted octanol–water partition coefficient (Wildman–Crippen LogP) is 3.01. The lowest BCUT2D eigenvalue weighted by Gasteiger charge is -2.21. The van der Waals surface area contributed by atoms with Gasteiger partial charge in [-0.1, -0.05) is 6.08 Å². The van der Waals surface area contributed by atoms with E-state index in [4.69, 9.17) is 9.84 Å². The standard InChI is InChI=1S/C17H23NO4/c1-5-6-7-14(16(20)21)18-15(19)12-8-10-13(11-9-12)22-17(2,3)4/h5,8-11,14H,1,6-7H2,2-4H3,(H,18,19)(H,20,21). The molecule has 1 aromatic rings. The van der Waals surface area contributed by atoms with Crippen LogP contribution in [0.4, 0.5) is 0 Å². The first-order valence-electron chi connectivity index (χ1n) is 7.16. The second kappa shape index (κ2) is 7.64. The number of hydrogen-bond acceptors (Lipinski definition) is 3. The van der Waals surface area contributed by atoms with Crippen LogP contribution in [-0.2, 0) is 4.79 Å². The molecule has 0 spiro atoms. The Kier molecular flexibility index (Phi) is 6.16. The number of ether oxygens (including phenoxy) is 1. The average molecular weight is 305 g/mol. The summed E-state index contributed by atoms with van der Waals surface area (Å²) in [5.41, 5.74) is 0.0779. The van der Waals surface area contributed by atoms with Crippen molar-refractivity contribution in [1.82, 2.24) is 5.32 Å². The van der Waals surface area contributed by atoms with E-state index in [9.17, 15) is 9.59 Å². The van der Waals surface area contributed by atoms with E-state index in [-0.39, 0.29) is 5.60 Å². The first-order chi connectivity index (χ1) is 10.2. The van der Waals surface area contributed by atoms with Crippen LogP contribution in [0.2, 0.25) is 0 Å². The summed E-state index contributed by atoms with van der Waals surface area (Å²) in [6.45, 7) is 9.35. The van der Waals surface area contributed by atoms with E-state index in [1.165, 1.54) is 0 Å². The molecule has 120 valence electrons. The van der Waals surface area contributed by atoms with Crippen LogP contribution in [0.5, 0.6) is 5.75 Å². The number of carbonyl (C=O) groups is 2. The second-order valence-corrected chi connectivity index (χ2v) is 5.97. The Morgan fingerprint density at radius 1 is 1.32 bits per heavy atom. The first-order valence-corrected chi connectivity index (χ1v) is 7.16. The molecule has 0 radical (unpaired) electrons. The molecule has 0 saturated heterocycles. The van der Waals surface area contributed by atoms with E-state index < -0.39 is 17.9 Å². The Labute approximate surface area is 131 Å². The largest absolute Gasteiger partial charge is 0.488 e. The molecule has 22 heavy (non-hydrogen) atoms. The van der Waals surface area contributed by atoms with Crippen LogP contribution in [0.15, 0.2) is 36.9 Å². The SMILES string of the molecule is C=CCCC(NC(=O)c1ccc(OC(C)(C)C)cc1)C(=O)O. The molecule has 0 fully saturated rings. The summed E-state index contributed by atoms with van der Waals surface area (Å²) >= 11 is 0. The molecular formula is C17H23NO4. The molecule has 0 aliphatic heterocycles. The number of benzene rings is 1. The third kappa shape index (κ3) is 5.99. The molecule has 5 nitrogen and oxygen atoms in total. The van der Waals surface area contributed by atoms with E-state index in [1.54, 1.807) is 30.3 Å². The van der Waals surface area contributed by atoms with E-state index in [0.29, 0.717) is 24.2 Å². The molecule has 1 amide bonds. The Balaban J connectivity index is 2.72. The van der Waals surface area contributed by atoms with E-state index >= 15 is 0 Å². The van der Waals surface area contributed by atoms with Crippen molar-refractivity contribution < 1.29 is 19.4 Å². The molecule has 0 heterocycles. The predicted molar refractivity (Wildman–Crippen MR) is 85.1 cm³/mol. The van der Waals surface area contributed by atoms with Gasteiger partial charge in [0.15, 0.2) is 0 Å². The summed E-state index contributed by atoms with van der Waals surface area (Å²) in [6, 6.07) is 5.70. The van der Waals surface area contributed by atoms with E-state index in [0.717, 1.165) is 0 Å². The zero-order valence-corrected chi connectivity index (χ0v) is 13.3. The van der Waals surface area contributed by atoms with Crippen LogP contribution in [0.3, 0.4) is 0 Å². The molecule has 5 heteroatoms. The monoisotopic (exact) mass is 305 g/mol. The number of rotatable bonds is 7. The maximum absolute atomic E-state index is 12.1. The average Bonchev–Trinajstić information content (AvgIpc) is 2.42. The summed E-state index contributed by atoms with van der Waals surface area (Å²) in [5, 5.41) is 11.6. The highest BCUT2D eigenvalue weighted by atomic mass is 16.5. The fraction of sp³-hybridized carbons (Fsp3) is 0.412. The smallest absolute Gasteiger partial charge is 0.326 e. The molecule has 0 saturated carbocycles. The number of nitrogens with one attached hydrogen (secondary N) is 1. The zero-order chi connectivity index (χ0) is 16.8. The van der Waals surface area contributed by atoms with Crippen LogP contribution in [0.25, 0.3) is 0 Å². The van der Waals surface area contributed by atoms with Gasteiger partial charge in [0.05, 0.1) is 0 Å². The van der Waals surface area contributed by atoms with Crippen molar-refractivity contribution in [2.45, 2.75) is 45.3 Å². The van der Waals surface area contributed by atoms with Gasteiger partial charge in [0.1, 0.15) is 17.4 Å². The van der Waals surface area contributed by atoms with Crippen molar-refractivity contribution in [3.05, 3.63) is 42.5 Å². The van der Waals surface area contributed by atoms with Crippen molar-refractivity contribution in [2.24, 2.45) is 0 Å². The van der Waals surface area contributed by atoms with E-state index in [2.05, 4.69) is 11.9 Å². The second-order valence-electron chi connectivity index (χ2n) is 5.97. The molecule has 1 atom stereocenters. The third-order valence-corrected chi connectivity index (χ3v) is 2.80. The fourth-order valence-electron chi connectivity index (χ4n) is 1.81. The molecule has 1 aromatic carbocycles. The fourth-order valence-corrected chi connectivity index (χ4v) is 1.81. The van der Waals surface area contributed by atoms with Gasteiger partial charge in [-0.3, -0.25) is 4.79 Å². The number of carboxylic acid groups (broad SMARTS) is 1. The summed E-state index contributed by atoms with van der Waals surface area (Å²) < 4.78 is 5.67. The highest BCUT2D eigenvalue weighted by Crippen LogP contribution is 2.18. The molecule has 1 rings (SSSR count). The van der Waals surface area contributed by atoms with Crippen molar-refractivity contribution in [2.75, 3.05) is 0 Å². The number of amides is 1. The van der Waals surface area contributed by atoms with Gasteiger partial charge < -0.3 is 15.2 Å². The van der Waals surface area contributed by atoms with Gasteiger partial charge >= 0.3 is 5.97 Å². The third-order valence-electron chi connectivity index (χ3n) is 2.80. The Bertz CT molecular complexity index is 529. The molecule has 0 aliphatic carbocycles. The van der Waals surface area contributed by atoms with Crippen LogP contribution in [0, 0.1) is 0 Å². The first kappa shape index (κ1) is 17.8. The molecular weight excluding hydrogens is 282 g/mol. The summed E-state index contributed by atoms with van der Waals surface area (Å²) in [4.78, 5) is 23.2. The summed E-state index contributed by atoms with van der Waals surface area (Å²) in [5.74, 6) is -0.813. The van der Waals surface area contributed by atoms with Gasteiger partial charge in [0, 0.05) is 5.56 Å². The topological polar surface area (TPSA) is 75.6 Å². The molecule has 1 unspecified atom stereocenters. The molecule has 0 aliphatic rings. The van der Waals surface area contributed by atoms with Gasteiger partial charge in [-0.05, 0) is 57.9 Å². The number of aliphatic carboxylic acids is 1. The van der Waals surface area contributed by atoms with Crippen LogP contribution in [0.1, 0.15) is 44.0 Å². The Hall–Kier alpha value is -2.30. The van der Waals surface area contributed by atoms with Gasteiger partial charge in [-0.2, -0.15) is 0 Å². The summed E-state index contributed by atoms with van der Waals surface area (Å²) in [6.07, 6.45) is 2.46. The zero-order valence-electron chi connectivity index (χ0n) is 13.3. The normalized spacial score (nSPS) is 12.3. The van der Waals surface area contributed by atoms with Gasteiger partial charge in [-0.25, -0.2) is 4.79 Å². The molecule has 0 bridgehead atoms. The van der Waals surface area contributed by atoms with Crippen LogP contribution >= 0.6 is 0 Å². The lowest BCUT2D eigenvalue weighted by molar-refractivity contribution is -0.139. The highest BCUT2D eigenvalue weighted by Gasteiger charge is 2.20. The molecule has 0 aromatic heterocycles. The Morgan fingerprint density at radius 2 is 1.91 bits per heavy atom. The maximum atomic E-state index is 12.1. The Morgan fingerprint density at radius 3 is 2.36 bits per heavy atom. The number of hydrogen-bond donors (Lipinski definition) is 2. The van der Waals surface area contributed by atoms with Gasteiger partial charge in [0.25, 0.3) is 5.91 Å². The minimum Gasteiger partial charge on any atom is -0.488 e. The number of carbonyl (C=O) groups excluding carboxylic acids is 1. The van der Waals surface area contributed by atoms with Crippen molar-refractivity contribution in [1.29, 1.82) is 0 Å². The van der Waals surface area contributed by atoms with Gasteiger partial charge in [0.2, 0.25) is 0 Å². The molecule has 2 N–H and O–H groups in total. The highest BCUT2D eigenvalue weighted by molar-refractivity contribution is 5.96. The van der Waals surface area contributed by atoms with Crippen LogP contribution in [-0.4, -0.2) is 28.6 Å². The number of allylic oxidation sites excluding steroid dienone is 1. The minimum absolute atomic E-state index is 0.315. The van der Waals surface area contributed by atoms with Crippen molar-refractivity contribution in [3.63, 3.8) is 0 Å². The van der Waals surface area contributed by atoms with E-state index in [1.807, 2.05) is 20.8 Å². The minimum atomic E-state index is -1.05. The lowest BCUT2D eigenvalue weighted by atomic mass is 10.1. The van der Waals surface area contributed by atoms with Crippen molar-refractivity contribution >= 4 is 11.9 Å². The maximum Gasteiger partial charge on any atom is 0.326 e. The van der Waals surface area contributed by atoms with Crippen molar-refractivity contribution in [3.8, 4) is 5.75 Å². The number of carboxylic acids is 1. The van der Waals surface area contributed by atoms with Crippen LogP contribution < -0.4 is 10.1 Å². The lowest BCUT2D eigenvalue weighted by Crippen LogP contribution is -2.40.